The zero-order valence-electron chi connectivity index (χ0n) is 30.8. The number of piperidine rings is 1. The first-order valence-electron chi connectivity index (χ1n) is 17.8. The molecule has 6 bridgehead atoms. The van der Waals surface area contributed by atoms with Crippen LogP contribution in [0.2, 0.25) is 0 Å². The smallest absolute Gasteiger partial charge is 0.339 e. The molecule has 8 nitrogen and oxygen atoms in total. The fourth-order valence-corrected chi connectivity index (χ4v) is 7.21. The fourth-order valence-electron chi connectivity index (χ4n) is 7.21. The van der Waals surface area contributed by atoms with E-state index in [4.69, 9.17) is 23.9 Å². The van der Waals surface area contributed by atoms with E-state index in [1.807, 2.05) is 69.5 Å². The number of aromatic nitrogens is 2. The van der Waals surface area contributed by atoms with E-state index >= 15 is 0 Å². The molecule has 2 unspecified atom stereocenters. The molecule has 0 radical (unpaired) electrons. The maximum atomic E-state index is 14.8. The van der Waals surface area contributed by atoms with Crippen molar-refractivity contribution in [3.63, 3.8) is 0 Å². The van der Waals surface area contributed by atoms with E-state index in [-0.39, 0.29) is 17.5 Å². The number of methoxy groups -OCH3 is 1. The summed E-state index contributed by atoms with van der Waals surface area (Å²) in [4.78, 5) is 21.0. The summed E-state index contributed by atoms with van der Waals surface area (Å²) in [5.74, 6) is -1.34. The first-order chi connectivity index (χ1) is 24.2. The number of carbonyl (C=O) groups excluding carboxylic acids is 1. The predicted molar refractivity (Wildman–Crippen MR) is 196 cm³/mol. The molecule has 0 N–H and O–H groups in total. The van der Waals surface area contributed by atoms with Crippen molar-refractivity contribution < 1.29 is 32.5 Å². The van der Waals surface area contributed by atoms with Gasteiger partial charge in [0.2, 0.25) is 0 Å². The van der Waals surface area contributed by atoms with Gasteiger partial charge in [0.25, 0.3) is 0 Å². The Hall–Kier alpha value is -4.28. The molecule has 51 heavy (non-hydrogen) atoms. The average Bonchev–Trinajstić information content (AvgIpc) is 3.52. The highest BCUT2D eigenvalue weighted by Gasteiger charge is 2.38. The summed E-state index contributed by atoms with van der Waals surface area (Å²) in [5.41, 5.74) is 4.49. The van der Waals surface area contributed by atoms with Crippen LogP contribution in [-0.4, -0.2) is 59.5 Å². The van der Waals surface area contributed by atoms with E-state index in [2.05, 4.69) is 18.4 Å². The Morgan fingerprint density at radius 2 is 1.82 bits per heavy atom. The molecule has 0 spiro atoms. The van der Waals surface area contributed by atoms with Crippen molar-refractivity contribution in [2.75, 3.05) is 31.7 Å². The molecule has 0 amide bonds. The molecular weight excluding hydrogens is 652 g/mol. The molecular formula is C41H49F2N3O5. The minimum Gasteiger partial charge on any atom is -0.490 e. The lowest BCUT2D eigenvalue weighted by Gasteiger charge is -2.42. The molecule has 1 fully saturated rings. The monoisotopic (exact) mass is 701 g/mol. The molecule has 0 saturated carbocycles. The second kappa shape index (κ2) is 14.4. The predicted octanol–water partition coefficient (Wildman–Crippen LogP) is 9.25. The Balaban J connectivity index is 1.60. The molecule has 4 aromatic rings. The summed E-state index contributed by atoms with van der Waals surface area (Å²) in [6.07, 6.45) is 6.47. The molecule has 272 valence electrons. The molecule has 2 aromatic heterocycles. The van der Waals surface area contributed by atoms with Crippen molar-refractivity contribution in [3.05, 3.63) is 77.5 Å². The van der Waals surface area contributed by atoms with Gasteiger partial charge in [0.1, 0.15) is 17.2 Å². The third-order valence-corrected chi connectivity index (χ3v) is 9.97. The van der Waals surface area contributed by atoms with Crippen molar-refractivity contribution in [3.8, 4) is 28.1 Å². The van der Waals surface area contributed by atoms with Gasteiger partial charge >= 0.3 is 5.97 Å². The Kier molecular flexibility index (Phi) is 10.3. The lowest BCUT2D eigenvalue weighted by molar-refractivity contribution is -0.164. The van der Waals surface area contributed by atoms with Crippen molar-refractivity contribution in [1.29, 1.82) is 0 Å². The van der Waals surface area contributed by atoms with Gasteiger partial charge < -0.3 is 23.8 Å². The van der Waals surface area contributed by atoms with Gasteiger partial charge in [-0.05, 0) is 96.9 Å². The van der Waals surface area contributed by atoms with Crippen LogP contribution in [0, 0.1) is 18.6 Å². The van der Waals surface area contributed by atoms with Gasteiger partial charge in [-0.1, -0.05) is 30.9 Å². The standard InChI is InChI=1S/C41H49F2N3O5/c1-9-29-26(3)35(36(39(47)48-8)51-40(4,5)6)38-45-18-16-41(7,17-19-45)49-20-11-10-13-25(2)50-34-23-32(43)31(42)22-30(34)27-14-12-15-28(21-27)33-24-46(38)37(29)44-33/h9,12,14-15,21-25,36H,1,10-11,13,16-20H2,2-8H3. The maximum Gasteiger partial charge on any atom is 0.339 e. The largest absolute Gasteiger partial charge is 0.490 e. The minimum atomic E-state index is -1.02. The quantitative estimate of drug-likeness (QED) is 0.197. The third-order valence-electron chi connectivity index (χ3n) is 9.97. The average molecular weight is 702 g/mol. The fraction of sp³-hybridized carbons (Fsp3) is 0.463. The minimum absolute atomic E-state index is 0.219. The van der Waals surface area contributed by atoms with Crippen molar-refractivity contribution >= 4 is 23.5 Å². The molecule has 1 saturated heterocycles. The van der Waals surface area contributed by atoms with Crippen LogP contribution >= 0.6 is 0 Å². The molecule has 3 aliphatic heterocycles. The summed E-state index contributed by atoms with van der Waals surface area (Å²) in [5, 5.41) is 0. The highest BCUT2D eigenvalue weighted by Crippen LogP contribution is 2.42. The van der Waals surface area contributed by atoms with E-state index in [0.717, 1.165) is 60.7 Å². The lowest BCUT2D eigenvalue weighted by Crippen LogP contribution is -2.45. The summed E-state index contributed by atoms with van der Waals surface area (Å²) < 4.78 is 56.0. The van der Waals surface area contributed by atoms with Gasteiger partial charge in [0.05, 0.1) is 30.1 Å². The highest BCUT2D eigenvalue weighted by molar-refractivity contribution is 5.85. The van der Waals surface area contributed by atoms with Gasteiger partial charge in [0.15, 0.2) is 17.7 Å². The van der Waals surface area contributed by atoms with E-state index in [9.17, 15) is 13.6 Å². The molecule has 3 aliphatic rings. The number of anilines is 1. The van der Waals surface area contributed by atoms with Gasteiger partial charge in [-0.15, -0.1) is 0 Å². The van der Waals surface area contributed by atoms with Crippen molar-refractivity contribution in [1.82, 2.24) is 9.38 Å². The van der Waals surface area contributed by atoms with Crippen LogP contribution in [0.3, 0.4) is 0 Å². The summed E-state index contributed by atoms with van der Waals surface area (Å²) in [7, 11) is 1.37. The number of fused-ring (bicyclic) bond motifs is 8. The number of imidazole rings is 1. The Labute approximate surface area is 299 Å². The van der Waals surface area contributed by atoms with Crippen LogP contribution in [0.1, 0.15) is 89.5 Å². The normalized spacial score (nSPS) is 20.5. The SMILES string of the molecule is C=Cc1c(C)c(C(OC(C)(C)C)C(=O)OC)c2n3cc(nc13)-c1cccc(c1)-c1cc(F)c(F)cc1OC(C)CCCCOC1(C)CCN2CC1. The topological polar surface area (TPSA) is 74.5 Å². The third kappa shape index (κ3) is 7.53. The number of pyridine rings is 1. The first kappa shape index (κ1) is 36.5. The lowest BCUT2D eigenvalue weighted by atomic mass is 9.91. The number of esters is 1. The van der Waals surface area contributed by atoms with Gasteiger partial charge in [0, 0.05) is 54.2 Å². The van der Waals surface area contributed by atoms with Crippen molar-refractivity contribution in [2.45, 2.75) is 97.1 Å². The molecule has 0 aliphatic carbocycles. The van der Waals surface area contributed by atoms with Gasteiger partial charge in [-0.2, -0.15) is 0 Å². The molecule has 2 atom stereocenters. The Morgan fingerprint density at radius 3 is 2.51 bits per heavy atom. The van der Waals surface area contributed by atoms with Crippen molar-refractivity contribution in [2.24, 2.45) is 0 Å². The van der Waals surface area contributed by atoms with Crippen LogP contribution < -0.4 is 9.64 Å². The number of rotatable bonds is 4. The Morgan fingerprint density at radius 1 is 1.12 bits per heavy atom. The van der Waals surface area contributed by atoms with Crippen LogP contribution in [0.15, 0.2) is 49.2 Å². The summed E-state index contributed by atoms with van der Waals surface area (Å²) >= 11 is 0. The van der Waals surface area contributed by atoms with E-state index in [1.165, 1.54) is 13.2 Å². The van der Waals surface area contributed by atoms with Gasteiger partial charge in [-0.25, -0.2) is 18.6 Å². The summed E-state index contributed by atoms with van der Waals surface area (Å²) in [6, 6.07) is 9.89. The zero-order valence-corrected chi connectivity index (χ0v) is 30.8. The molecule has 10 heteroatoms. The van der Waals surface area contributed by atoms with Crippen LogP contribution in [0.5, 0.6) is 5.75 Å². The number of hydrogen-bond acceptors (Lipinski definition) is 7. The number of benzene rings is 2. The van der Waals surface area contributed by atoms with E-state index < -0.39 is 29.3 Å². The second-order valence-corrected chi connectivity index (χ2v) is 15.0. The maximum absolute atomic E-state index is 14.8. The zero-order chi connectivity index (χ0) is 36.7. The van der Waals surface area contributed by atoms with Crippen LogP contribution in [0.4, 0.5) is 14.6 Å². The van der Waals surface area contributed by atoms with E-state index in [0.29, 0.717) is 47.7 Å². The van der Waals surface area contributed by atoms with Crippen LogP contribution in [0.25, 0.3) is 34.1 Å². The Bertz CT molecular complexity index is 1940. The number of nitrogens with zero attached hydrogens (tertiary/aromatic N) is 3. The number of hydrogen-bond donors (Lipinski definition) is 0. The summed E-state index contributed by atoms with van der Waals surface area (Å²) in [6.45, 7) is 17.9. The number of carbonyl (C=O) groups is 1. The molecule has 2 aromatic carbocycles. The van der Waals surface area contributed by atoms with Gasteiger partial charge in [-0.3, -0.25) is 4.40 Å². The molecule has 5 heterocycles. The highest BCUT2D eigenvalue weighted by atomic mass is 19.2. The van der Waals surface area contributed by atoms with E-state index in [1.54, 1.807) is 6.08 Å². The van der Waals surface area contributed by atoms with Crippen LogP contribution in [-0.2, 0) is 19.0 Å². The second-order valence-electron chi connectivity index (χ2n) is 15.0. The number of halogens is 2. The first-order valence-corrected chi connectivity index (χ1v) is 17.8. The molecule has 7 rings (SSSR count). The number of ether oxygens (including phenoxy) is 4.